The van der Waals surface area contributed by atoms with Gasteiger partial charge in [-0.2, -0.15) is 4.98 Å². The number of ether oxygens (including phenoxy) is 2. The minimum atomic E-state index is -2.23. The van der Waals surface area contributed by atoms with Crippen molar-refractivity contribution < 1.29 is 18.7 Å². The summed E-state index contributed by atoms with van der Waals surface area (Å²) in [4.78, 5) is 30.5. The number of anilines is 1. The SMILES string of the molecule is COc1ncc(-c2nc3c(n2[C@H](C)CO[Si](C(C)C)(C(C)C)C(C)C)C(c2ccc(C)cc2)N(c2cc(Cl)ccc2C)C3=O)c(OC)n1. The number of nitrogens with zero attached hydrogens (tertiary/aromatic N) is 5. The first-order chi connectivity index (χ1) is 22.8. The third kappa shape index (κ3) is 6.14. The van der Waals surface area contributed by atoms with E-state index in [1.54, 1.807) is 13.3 Å². The Hall–Kier alpha value is -3.73. The molecular formula is C37H48ClN5O4Si. The van der Waals surface area contributed by atoms with Crippen LogP contribution in [0.5, 0.6) is 11.9 Å². The molecule has 1 unspecified atom stereocenters. The Morgan fingerprint density at radius 2 is 1.54 bits per heavy atom. The third-order valence-corrected chi connectivity index (χ3v) is 16.1. The Kier molecular flexibility index (Phi) is 10.4. The van der Waals surface area contributed by atoms with Crippen LogP contribution in [0, 0.1) is 13.8 Å². The normalized spacial score (nSPS) is 15.5. The van der Waals surface area contributed by atoms with Gasteiger partial charge in [-0.05, 0) is 60.7 Å². The summed E-state index contributed by atoms with van der Waals surface area (Å²) in [7, 11) is 0.833. The first-order valence-electron chi connectivity index (χ1n) is 16.6. The molecule has 1 aliphatic heterocycles. The van der Waals surface area contributed by atoms with E-state index in [1.807, 2.05) is 30.0 Å². The lowest BCUT2D eigenvalue weighted by Crippen LogP contribution is -2.48. The molecule has 9 nitrogen and oxygen atoms in total. The smallest absolute Gasteiger partial charge is 0.319 e. The Balaban J connectivity index is 1.77. The van der Waals surface area contributed by atoms with Crippen LogP contribution < -0.4 is 14.4 Å². The van der Waals surface area contributed by atoms with Gasteiger partial charge in [-0.3, -0.25) is 9.69 Å². The molecule has 0 aliphatic carbocycles. The van der Waals surface area contributed by atoms with Crippen LogP contribution >= 0.6 is 11.6 Å². The predicted octanol–water partition coefficient (Wildman–Crippen LogP) is 9.13. The molecule has 0 N–H and O–H groups in total. The molecule has 1 aliphatic rings. The second kappa shape index (κ2) is 14.0. The molecular weight excluding hydrogens is 642 g/mol. The van der Waals surface area contributed by atoms with Gasteiger partial charge in [0, 0.05) is 16.9 Å². The average Bonchev–Trinajstić information content (AvgIpc) is 3.56. The van der Waals surface area contributed by atoms with Crippen LogP contribution in [0.15, 0.2) is 48.7 Å². The van der Waals surface area contributed by atoms with E-state index in [1.165, 1.54) is 7.11 Å². The van der Waals surface area contributed by atoms with Crippen LogP contribution in [-0.4, -0.2) is 54.6 Å². The van der Waals surface area contributed by atoms with Crippen molar-refractivity contribution in [3.63, 3.8) is 0 Å². The zero-order valence-corrected chi connectivity index (χ0v) is 31.7. The Labute approximate surface area is 290 Å². The van der Waals surface area contributed by atoms with Crippen LogP contribution in [0.4, 0.5) is 5.69 Å². The second-order valence-electron chi connectivity index (χ2n) is 13.7. The number of halogens is 1. The standard InChI is InChI=1S/C37H48ClN5O4Si/c1-21(2)48(22(3)4,23(5)6)47-20-26(9)42-33-31(40-34(42)29-19-39-37(46-11)41-35(29)45-10)36(44)43(30-18-28(38)17-14-25(30)8)32(33)27-15-12-24(7)13-16-27/h12-19,21-23,26,32H,20H2,1-11H3/t26-,32?/m1/s1. The molecule has 2 atom stereocenters. The number of carbonyl (C=O) groups excluding carboxylic acids is 1. The van der Waals surface area contributed by atoms with E-state index in [0.29, 0.717) is 51.2 Å². The van der Waals surface area contributed by atoms with Crippen molar-refractivity contribution in [2.75, 3.05) is 25.7 Å². The maximum atomic E-state index is 14.7. The highest BCUT2D eigenvalue weighted by molar-refractivity contribution is 6.77. The fourth-order valence-corrected chi connectivity index (χ4v) is 13.3. The van der Waals surface area contributed by atoms with Gasteiger partial charge < -0.3 is 18.5 Å². The number of fused-ring (bicyclic) bond motifs is 1. The Morgan fingerprint density at radius 3 is 2.12 bits per heavy atom. The summed E-state index contributed by atoms with van der Waals surface area (Å²) in [6.45, 7) is 20.3. The Morgan fingerprint density at radius 1 is 0.896 bits per heavy atom. The lowest BCUT2D eigenvalue weighted by atomic mass is 10.0. The van der Waals surface area contributed by atoms with Gasteiger partial charge in [-0.1, -0.05) is 89.0 Å². The summed E-state index contributed by atoms with van der Waals surface area (Å²) >= 11 is 6.54. The molecule has 48 heavy (non-hydrogen) atoms. The minimum Gasteiger partial charge on any atom is -0.480 e. The molecule has 2 aromatic carbocycles. The zero-order valence-electron chi connectivity index (χ0n) is 30.0. The van der Waals surface area contributed by atoms with Gasteiger partial charge in [0.15, 0.2) is 14.0 Å². The lowest BCUT2D eigenvalue weighted by Gasteiger charge is -2.43. The highest BCUT2D eigenvalue weighted by atomic mass is 35.5. The van der Waals surface area contributed by atoms with Crippen molar-refractivity contribution in [2.45, 2.75) is 91.0 Å². The van der Waals surface area contributed by atoms with Crippen molar-refractivity contribution in [2.24, 2.45) is 0 Å². The number of hydrogen-bond acceptors (Lipinski definition) is 7. The number of amides is 1. The molecule has 0 fully saturated rings. The van der Waals surface area contributed by atoms with Crippen LogP contribution in [0.25, 0.3) is 11.4 Å². The molecule has 0 saturated carbocycles. The topological polar surface area (TPSA) is 91.6 Å². The summed E-state index contributed by atoms with van der Waals surface area (Å²) in [6.07, 6.45) is 1.64. The molecule has 1 amide bonds. The fourth-order valence-electron chi connectivity index (χ4n) is 7.60. The summed E-state index contributed by atoms with van der Waals surface area (Å²) in [5.74, 6) is 0.629. The van der Waals surface area contributed by atoms with E-state index in [9.17, 15) is 4.79 Å². The van der Waals surface area contributed by atoms with Gasteiger partial charge in [-0.15, -0.1) is 0 Å². The van der Waals surface area contributed by atoms with Gasteiger partial charge in [0.25, 0.3) is 5.91 Å². The quantitative estimate of drug-likeness (QED) is 0.137. The average molecular weight is 690 g/mol. The largest absolute Gasteiger partial charge is 0.480 e. The summed E-state index contributed by atoms with van der Waals surface area (Å²) < 4.78 is 20.3. The van der Waals surface area contributed by atoms with Crippen molar-refractivity contribution in [3.05, 3.63) is 81.8 Å². The van der Waals surface area contributed by atoms with Crippen molar-refractivity contribution in [1.29, 1.82) is 0 Å². The second-order valence-corrected chi connectivity index (χ2v) is 19.6. The molecule has 0 saturated heterocycles. The highest BCUT2D eigenvalue weighted by Crippen LogP contribution is 2.48. The molecule has 11 heteroatoms. The molecule has 256 valence electrons. The molecule has 0 radical (unpaired) electrons. The molecule has 5 rings (SSSR count). The van der Waals surface area contributed by atoms with E-state index in [0.717, 1.165) is 28.1 Å². The number of benzene rings is 2. The first-order valence-corrected chi connectivity index (χ1v) is 19.2. The first kappa shape index (κ1) is 35.6. The van der Waals surface area contributed by atoms with Crippen molar-refractivity contribution in [3.8, 4) is 23.3 Å². The molecule has 0 bridgehead atoms. The number of rotatable bonds is 12. The summed E-state index contributed by atoms with van der Waals surface area (Å²) in [5.41, 5.74) is 6.69. The number of methoxy groups -OCH3 is 2. The van der Waals surface area contributed by atoms with Crippen LogP contribution in [0.2, 0.25) is 21.6 Å². The van der Waals surface area contributed by atoms with E-state index < -0.39 is 14.4 Å². The van der Waals surface area contributed by atoms with Crippen molar-refractivity contribution in [1.82, 2.24) is 19.5 Å². The summed E-state index contributed by atoms with van der Waals surface area (Å²) in [5, 5.41) is 0.554. The summed E-state index contributed by atoms with van der Waals surface area (Å²) in [6, 6.07) is 13.4. The highest BCUT2D eigenvalue weighted by Gasteiger charge is 2.48. The van der Waals surface area contributed by atoms with Crippen LogP contribution in [0.1, 0.15) is 93.4 Å². The van der Waals surface area contributed by atoms with Gasteiger partial charge in [-0.25, -0.2) is 9.97 Å². The van der Waals surface area contributed by atoms with Gasteiger partial charge in [0.1, 0.15) is 11.9 Å². The van der Waals surface area contributed by atoms with Gasteiger partial charge >= 0.3 is 6.01 Å². The van der Waals surface area contributed by atoms with Gasteiger partial charge in [0.2, 0.25) is 5.88 Å². The zero-order chi connectivity index (χ0) is 35.1. The molecule has 4 aromatic rings. The molecule has 2 aromatic heterocycles. The van der Waals surface area contributed by atoms with Crippen molar-refractivity contribution >= 4 is 31.5 Å². The van der Waals surface area contributed by atoms with Gasteiger partial charge in [0.05, 0.1) is 38.1 Å². The maximum absolute atomic E-state index is 14.7. The monoisotopic (exact) mass is 689 g/mol. The molecule has 3 heterocycles. The Bertz CT molecular complexity index is 1770. The molecule has 0 spiro atoms. The predicted molar refractivity (Wildman–Crippen MR) is 194 cm³/mol. The number of imidazole rings is 1. The maximum Gasteiger partial charge on any atom is 0.319 e. The number of aryl methyl sites for hydroxylation is 2. The van der Waals surface area contributed by atoms with E-state index in [4.69, 9.17) is 30.5 Å². The number of aromatic nitrogens is 4. The van der Waals surface area contributed by atoms with E-state index >= 15 is 0 Å². The van der Waals surface area contributed by atoms with Crippen LogP contribution in [-0.2, 0) is 4.43 Å². The third-order valence-electron chi connectivity index (χ3n) is 9.78. The fraction of sp³-hybridized carbons (Fsp3) is 0.459. The number of hydrogen-bond donors (Lipinski definition) is 0. The van der Waals surface area contributed by atoms with E-state index in [2.05, 4.69) is 94.2 Å². The minimum absolute atomic E-state index is 0.176. The number of carbonyl (C=O) groups is 1. The van der Waals surface area contributed by atoms with E-state index in [-0.39, 0.29) is 18.0 Å². The lowest BCUT2D eigenvalue weighted by molar-refractivity contribution is 0.0989. The van der Waals surface area contributed by atoms with Crippen LogP contribution in [0.3, 0.4) is 0 Å².